The van der Waals surface area contributed by atoms with E-state index in [9.17, 15) is 68.7 Å². The molecule has 686 valence electrons. The van der Waals surface area contributed by atoms with Crippen LogP contribution in [0.3, 0.4) is 0 Å². The van der Waals surface area contributed by atoms with Crippen LogP contribution in [0.1, 0.15) is 164 Å². The first kappa shape index (κ1) is 87.6. The highest BCUT2D eigenvalue weighted by atomic mass is 16.6. The third-order valence-electron chi connectivity index (χ3n) is 28.5. The van der Waals surface area contributed by atoms with Crippen LogP contribution < -0.4 is 36.4 Å². The smallest absolute Gasteiger partial charge is 0.415 e. The molecule has 12 aromatic rings. The van der Waals surface area contributed by atoms with Gasteiger partial charge in [0, 0.05) is 130 Å². The van der Waals surface area contributed by atoms with Crippen molar-refractivity contribution in [2.75, 3.05) is 73.6 Å². The fourth-order valence-electron chi connectivity index (χ4n) is 20.6. The molecule has 19 heterocycles. The molecule has 4 atom stereocenters. The van der Waals surface area contributed by atoms with E-state index in [4.69, 9.17) is 53.1 Å². The normalized spacial score (nSPS) is 20.9. The zero-order valence-electron chi connectivity index (χ0n) is 75.2. The summed E-state index contributed by atoms with van der Waals surface area (Å²) in [6.45, 7) is 19.4. The number of rotatable bonds is 10. The summed E-state index contributed by atoms with van der Waals surface area (Å²) < 4.78 is 44.7. The number of piperidine rings is 1. The molecule has 2 fully saturated rings. The molecule has 0 unspecified atom stereocenters. The number of ether oxygens (including phenoxy) is 7. The van der Waals surface area contributed by atoms with Crippen molar-refractivity contribution in [3.8, 4) is 68.5 Å². The first-order chi connectivity index (χ1) is 63.9. The number of likely N-dealkylation sites (tertiary alicyclic amines) is 1. The van der Waals surface area contributed by atoms with Gasteiger partial charge in [0.1, 0.15) is 51.1 Å². The summed E-state index contributed by atoms with van der Waals surface area (Å²) in [5, 5.41) is 58.2. The van der Waals surface area contributed by atoms with Crippen LogP contribution in [-0.4, -0.2) is 187 Å². The van der Waals surface area contributed by atoms with Gasteiger partial charge in [0.2, 0.25) is 0 Å². The monoisotopic (exact) mass is 1800 g/mol. The number of esters is 4. The summed E-state index contributed by atoms with van der Waals surface area (Å²) in [6, 6.07) is 31.4. The summed E-state index contributed by atoms with van der Waals surface area (Å²) >= 11 is 0. The van der Waals surface area contributed by atoms with Gasteiger partial charge in [0.05, 0.1) is 116 Å². The number of aryl methyl sites for hydroxylation is 1. The Hall–Kier alpha value is -13.4. The molecule has 0 radical (unpaired) electrons. The molecule has 33 nitrogen and oxygen atoms in total. The quantitative estimate of drug-likeness (QED) is 0.0628. The van der Waals surface area contributed by atoms with Crippen molar-refractivity contribution in [2.45, 2.75) is 175 Å². The summed E-state index contributed by atoms with van der Waals surface area (Å²) in [5.41, 5.74) is 8.93. The number of aliphatic hydroxyl groups is 4. The Bertz CT molecular complexity index is 7310. The standard InChI is InChI=1S/C29H31N3O6.C28H30N4O6.C23H23N3O5.C20H16N2O4/c1-4-18-19-12-17(38-28(35)31-10-8-16(3)9-11-31)6-7-23(19)30-25-20(18)14-32-24(25)13-22-21(26(32)33)15-37-27(34)29(22,36)5-2;1-3-28(35)20-11-22-25-18(14-32(22)26(33)19(20)15-38-27(28)34)17(13-31-6-4-30(2)5-7-31)16-10-23-24(12-21(16)29-25)37-9-8-36-23;1-4-23(30)16-8-18-20-12(9-26(18)21(28)15(16)11-31-22(23)29)7-13-14(10-25(2)3)19(27)6-5-17(13)24-20;1-2-20(25)14-8-16-17-12(7-11-5-3-4-6-15(11)21-17)9-22(16)18(23)13(14)10-26-19(20)24/h6-7,12-13,16,36H,4-5,8-11,14-15H2,1-3H3;10-12,35H,3-9,13-15H2,1-2H3;5-8,27,30H,4,9-11H2,1-3H3;3-8,25H,2,9-10H2,1H3/t29-;28-;23-;20-/m1000/s1. The van der Waals surface area contributed by atoms with Crippen LogP contribution in [0, 0.1) is 5.92 Å². The number of carbonyl (C=O) groups is 5. The lowest BCUT2D eigenvalue weighted by molar-refractivity contribution is -0.172. The minimum atomic E-state index is -1.86. The molecule has 2 saturated heterocycles. The van der Waals surface area contributed by atoms with E-state index in [1.165, 1.54) is 0 Å². The average Bonchev–Trinajstić information content (AvgIpc) is 1.58. The third kappa shape index (κ3) is 14.2. The maximum Gasteiger partial charge on any atom is 0.415 e. The van der Waals surface area contributed by atoms with Crippen LogP contribution in [-0.2, 0) is 133 Å². The van der Waals surface area contributed by atoms with Gasteiger partial charge in [-0.25, -0.2) is 43.9 Å². The molecule has 0 saturated carbocycles. The van der Waals surface area contributed by atoms with Gasteiger partial charge in [-0.1, -0.05) is 59.7 Å². The van der Waals surface area contributed by atoms with E-state index < -0.39 is 46.3 Å². The van der Waals surface area contributed by atoms with Gasteiger partial charge in [-0.15, -0.1) is 0 Å². The number of phenols is 1. The van der Waals surface area contributed by atoms with E-state index in [0.29, 0.717) is 178 Å². The zero-order chi connectivity index (χ0) is 93.1. The summed E-state index contributed by atoms with van der Waals surface area (Å²) in [5.74, 6) is -0.257. The number of piperazine rings is 1. The number of pyridine rings is 8. The predicted molar refractivity (Wildman–Crippen MR) is 486 cm³/mol. The number of cyclic esters (lactones) is 4. The maximum absolute atomic E-state index is 13.7. The second-order valence-corrected chi connectivity index (χ2v) is 36.5. The molecule has 133 heavy (non-hydrogen) atoms. The molecule has 33 heteroatoms. The van der Waals surface area contributed by atoms with E-state index >= 15 is 0 Å². The fourth-order valence-corrected chi connectivity index (χ4v) is 20.6. The van der Waals surface area contributed by atoms with Crippen molar-refractivity contribution in [1.29, 1.82) is 0 Å². The van der Waals surface area contributed by atoms with Crippen LogP contribution in [0.25, 0.3) is 89.2 Å². The highest BCUT2D eigenvalue weighted by Crippen LogP contribution is 2.48. The van der Waals surface area contributed by atoms with Crippen molar-refractivity contribution in [3.63, 3.8) is 0 Å². The number of fused-ring (bicyclic) bond motifs is 21. The second-order valence-electron chi connectivity index (χ2n) is 36.5. The largest absolute Gasteiger partial charge is 0.508 e. The van der Waals surface area contributed by atoms with Crippen molar-refractivity contribution in [2.24, 2.45) is 5.92 Å². The van der Waals surface area contributed by atoms with Gasteiger partial charge in [0.25, 0.3) is 22.2 Å². The Morgan fingerprint density at radius 1 is 0.451 bits per heavy atom. The Balaban J connectivity index is 0.000000111. The van der Waals surface area contributed by atoms with Gasteiger partial charge in [-0.05, 0) is 162 Å². The van der Waals surface area contributed by atoms with Gasteiger partial charge in [0.15, 0.2) is 33.9 Å². The topological polar surface area (TPSA) is 404 Å². The molecular weight excluding hydrogens is 1710 g/mol. The number of likely N-dealkylation sites (N-methyl/N-ethyl adjacent to an activating group) is 1. The minimum absolute atomic E-state index is 0.0951. The number of carbonyl (C=O) groups excluding carboxylic acids is 5. The average molecular weight is 1810 g/mol. The number of benzene rings is 4. The number of amides is 1. The predicted octanol–water partition coefficient (Wildman–Crippen LogP) is 9.40. The lowest BCUT2D eigenvalue weighted by Crippen LogP contribution is -2.44. The van der Waals surface area contributed by atoms with Gasteiger partial charge >= 0.3 is 30.0 Å². The summed E-state index contributed by atoms with van der Waals surface area (Å²) in [6.07, 6.45) is 2.74. The van der Waals surface area contributed by atoms with Crippen LogP contribution in [0.15, 0.2) is 122 Å². The number of nitrogens with zero attached hydrogens (tertiary/aromatic N) is 12. The Kier molecular flexibility index (Phi) is 21.8. The third-order valence-corrected chi connectivity index (χ3v) is 28.5. The van der Waals surface area contributed by atoms with Crippen LogP contribution >= 0.6 is 0 Å². The lowest BCUT2D eigenvalue weighted by atomic mass is 9.86. The number of hydrogen-bond acceptors (Lipinski definition) is 28. The van der Waals surface area contributed by atoms with Crippen molar-refractivity contribution >= 4 is 73.6 Å². The highest BCUT2D eigenvalue weighted by molar-refractivity contribution is 5.95. The SMILES string of the molecule is CC[C@@]1(O)C(=O)OCc2c1cc1n(c2=O)Cc2c-1nc1cc3c(cc1c2CN1CCN(C)CC1)OCCO3.CC[C@@]1(O)C(=O)OCc2c1cc1n(c2=O)Cc2cc3c(CN(C)C)c(O)ccc3nc2-1.CC[C@@]1(O)C(=O)OCc2c1cc1n(c2=O)Cc2cc3ccccc3nc2-1.CCc1c2c(nc3ccc(OC(=O)N4CCC(C)CC4)cc13)-c1cc3c(c(=O)n1C2)COC(=O)[C@@]3(O)CC. The van der Waals surface area contributed by atoms with Crippen molar-refractivity contribution in [3.05, 3.63) is 228 Å². The lowest BCUT2D eigenvalue weighted by Gasteiger charge is -2.33. The molecule has 0 aliphatic carbocycles. The van der Waals surface area contributed by atoms with E-state index in [1.807, 2.05) is 86.6 Å². The number of phenolic OH excluding ortho intramolecular Hbond substituents is 1. The van der Waals surface area contributed by atoms with Crippen LogP contribution in [0.2, 0.25) is 0 Å². The van der Waals surface area contributed by atoms with E-state index in [1.54, 1.807) is 93.3 Å². The van der Waals surface area contributed by atoms with E-state index in [-0.39, 0.29) is 86.2 Å². The maximum atomic E-state index is 13.7. The Labute approximate surface area is 760 Å². The molecule has 0 bridgehead atoms. The molecular formula is C100H100N12O21. The van der Waals surface area contributed by atoms with Gasteiger partial charge < -0.3 is 91.7 Å². The highest BCUT2D eigenvalue weighted by Gasteiger charge is 2.51. The summed E-state index contributed by atoms with van der Waals surface area (Å²) in [4.78, 5) is 144. The van der Waals surface area contributed by atoms with Gasteiger partial charge in [-0.2, -0.15) is 0 Å². The number of para-hydroxylation sites is 1. The van der Waals surface area contributed by atoms with Crippen LogP contribution in [0.4, 0.5) is 4.79 Å². The first-order valence-electron chi connectivity index (χ1n) is 45.3. The number of hydrogen-bond donors (Lipinski definition) is 5. The Morgan fingerprint density at radius 2 is 0.872 bits per heavy atom. The Morgan fingerprint density at radius 3 is 1.36 bits per heavy atom. The number of aromatic hydroxyl groups is 1. The molecule has 0 spiro atoms. The summed E-state index contributed by atoms with van der Waals surface area (Å²) in [7, 11) is 5.99. The first-order valence-corrected chi connectivity index (χ1v) is 45.3. The molecule has 4 aromatic carbocycles. The van der Waals surface area contributed by atoms with E-state index in [0.717, 1.165) is 128 Å². The second kappa shape index (κ2) is 33.1. The number of aromatic nitrogens is 8. The molecule has 11 aliphatic rings. The molecule has 1 amide bonds. The van der Waals surface area contributed by atoms with E-state index in [2.05, 4.69) is 23.8 Å². The van der Waals surface area contributed by atoms with Gasteiger partial charge in [-0.3, -0.25) is 24.1 Å². The van der Waals surface area contributed by atoms with Crippen molar-refractivity contribution in [1.82, 2.24) is 57.8 Å². The molecule has 23 rings (SSSR count). The van der Waals surface area contributed by atoms with Crippen LogP contribution in [0.5, 0.6) is 23.0 Å². The molecule has 8 aromatic heterocycles. The zero-order valence-corrected chi connectivity index (χ0v) is 75.2. The fraction of sp³-hybridized carbons (Fsp3) is 0.390. The minimum Gasteiger partial charge on any atom is -0.508 e. The molecule has 5 N–H and O–H groups in total. The van der Waals surface area contributed by atoms with Crippen molar-refractivity contribution < 1.29 is 82.7 Å². The molecule has 11 aliphatic heterocycles.